The lowest BCUT2D eigenvalue weighted by atomic mass is 9.83. The van der Waals surface area contributed by atoms with E-state index in [4.69, 9.17) is 4.74 Å². The molecule has 7 rings (SSSR count). The number of likely N-dealkylation sites (N-methyl/N-ethyl adjacent to an activating group) is 2. The van der Waals surface area contributed by atoms with Crippen molar-refractivity contribution in [2.45, 2.75) is 57.8 Å². The summed E-state index contributed by atoms with van der Waals surface area (Å²) in [7, 11) is 0. The lowest BCUT2D eigenvalue weighted by Crippen LogP contribution is -2.57. The van der Waals surface area contributed by atoms with E-state index >= 15 is 0 Å². The minimum atomic E-state index is 0.159. The molecule has 232 valence electrons. The van der Waals surface area contributed by atoms with E-state index in [0.29, 0.717) is 25.2 Å². The number of ether oxygens (including phenoxy) is 1. The van der Waals surface area contributed by atoms with Gasteiger partial charge in [-0.05, 0) is 78.9 Å². The Morgan fingerprint density at radius 1 is 0.822 bits per heavy atom. The van der Waals surface area contributed by atoms with Crippen molar-refractivity contribution in [1.29, 1.82) is 0 Å². The van der Waals surface area contributed by atoms with Gasteiger partial charge in [0.1, 0.15) is 0 Å². The van der Waals surface area contributed by atoms with Gasteiger partial charge in [-0.25, -0.2) is 0 Å². The zero-order chi connectivity index (χ0) is 30.8. The van der Waals surface area contributed by atoms with E-state index in [-0.39, 0.29) is 12.6 Å². The first-order valence-electron chi connectivity index (χ1n) is 16.7. The molecule has 3 heterocycles. The second-order valence-corrected chi connectivity index (χ2v) is 12.5. The highest BCUT2D eigenvalue weighted by atomic mass is 16.5. The van der Waals surface area contributed by atoms with Crippen LogP contribution in [0.4, 0.5) is 5.69 Å². The Morgan fingerprint density at radius 2 is 1.56 bits per heavy atom. The lowest BCUT2D eigenvalue weighted by molar-refractivity contribution is 0.0703. The molecule has 4 aromatic carbocycles. The van der Waals surface area contributed by atoms with Gasteiger partial charge < -0.3 is 19.3 Å². The van der Waals surface area contributed by atoms with Crippen molar-refractivity contribution in [3.05, 3.63) is 125 Å². The molecule has 0 bridgehead atoms. The van der Waals surface area contributed by atoms with Crippen molar-refractivity contribution < 1.29 is 9.84 Å². The molecule has 0 saturated carbocycles. The number of hydrogen-bond acceptors (Lipinski definition) is 4. The molecule has 1 fully saturated rings. The average molecular weight is 600 g/mol. The maximum Gasteiger partial charge on any atom is 0.0717 e. The van der Waals surface area contributed by atoms with E-state index in [1.807, 2.05) is 6.07 Å². The molecular formula is C40H45N3O2. The van der Waals surface area contributed by atoms with Crippen LogP contribution in [-0.2, 0) is 24.3 Å². The quantitative estimate of drug-likeness (QED) is 0.160. The van der Waals surface area contributed by atoms with Crippen molar-refractivity contribution in [2.24, 2.45) is 0 Å². The number of anilines is 1. The summed E-state index contributed by atoms with van der Waals surface area (Å²) in [6, 6.07) is 37.8. The van der Waals surface area contributed by atoms with Gasteiger partial charge in [0.2, 0.25) is 0 Å². The Hall–Kier alpha value is -3.90. The lowest BCUT2D eigenvalue weighted by Gasteiger charge is -2.45. The highest BCUT2D eigenvalue weighted by Crippen LogP contribution is 2.49. The van der Waals surface area contributed by atoms with Gasteiger partial charge in [-0.1, -0.05) is 91.9 Å². The van der Waals surface area contributed by atoms with E-state index in [1.165, 1.54) is 50.1 Å². The number of aromatic nitrogens is 1. The zero-order valence-electron chi connectivity index (χ0n) is 26.6. The van der Waals surface area contributed by atoms with Gasteiger partial charge in [-0.15, -0.1) is 0 Å². The monoisotopic (exact) mass is 599 g/mol. The average Bonchev–Trinajstić information content (AvgIpc) is 3.58. The molecule has 0 amide bonds. The summed E-state index contributed by atoms with van der Waals surface area (Å²) in [5, 5.41) is 11.9. The van der Waals surface area contributed by atoms with Crippen molar-refractivity contribution in [3.63, 3.8) is 0 Å². The van der Waals surface area contributed by atoms with Crippen LogP contribution < -0.4 is 4.90 Å². The first kappa shape index (κ1) is 29.8. The van der Waals surface area contributed by atoms with Crippen LogP contribution in [0.2, 0.25) is 0 Å². The largest absolute Gasteiger partial charge is 0.395 e. The number of hydrogen-bond donors (Lipinski definition) is 1. The first-order chi connectivity index (χ1) is 22.2. The Balaban J connectivity index is 1.31. The van der Waals surface area contributed by atoms with Crippen molar-refractivity contribution in [1.82, 2.24) is 9.47 Å². The third-order valence-corrected chi connectivity index (χ3v) is 10.2. The van der Waals surface area contributed by atoms with Crippen LogP contribution in [0, 0.1) is 0 Å². The minimum absolute atomic E-state index is 0.159. The topological polar surface area (TPSA) is 40.9 Å². The maximum atomic E-state index is 10.6. The fourth-order valence-electron chi connectivity index (χ4n) is 8.14. The SMILES string of the molecule is CCN1CCC2c3cc(-c4c(CCOCc5ccccc5)c5ccccc5n4Cc4ccccc4)ccc3N(CC)C2C1CO. The van der Waals surface area contributed by atoms with Crippen molar-refractivity contribution >= 4 is 16.6 Å². The Bertz CT molecular complexity index is 1730. The number of nitrogens with zero attached hydrogens (tertiary/aromatic N) is 3. The fraction of sp³-hybridized carbons (Fsp3) is 0.350. The van der Waals surface area contributed by atoms with E-state index in [2.05, 4.69) is 125 Å². The van der Waals surface area contributed by atoms with Crippen LogP contribution >= 0.6 is 0 Å². The summed E-state index contributed by atoms with van der Waals surface area (Å²) in [6.07, 6.45) is 1.96. The standard InChI is InChI=1S/C40H45N3O2/c1-3-41-23-21-33-35-25-31(19-20-37(35)42(4-2)40(33)38(41)27-44)39-34(22-24-45-28-30-15-9-6-10-16-30)32-17-11-12-18-36(32)43(39)26-29-13-7-5-8-14-29/h5-20,25,33,38,40,44H,3-4,21-24,26-28H2,1-2H3. The molecule has 2 aliphatic rings. The Kier molecular flexibility index (Phi) is 8.75. The number of rotatable bonds is 11. The molecule has 0 radical (unpaired) electrons. The highest BCUT2D eigenvalue weighted by molar-refractivity contribution is 5.92. The van der Waals surface area contributed by atoms with E-state index in [0.717, 1.165) is 39.0 Å². The molecule has 1 saturated heterocycles. The molecule has 1 aromatic heterocycles. The zero-order valence-corrected chi connectivity index (χ0v) is 26.6. The highest BCUT2D eigenvalue weighted by Gasteiger charge is 2.46. The molecule has 3 unspecified atom stereocenters. The Labute approximate surface area is 267 Å². The van der Waals surface area contributed by atoms with Gasteiger partial charge in [0.15, 0.2) is 0 Å². The van der Waals surface area contributed by atoms with Gasteiger partial charge in [-0.3, -0.25) is 4.90 Å². The fourth-order valence-corrected chi connectivity index (χ4v) is 8.14. The van der Waals surface area contributed by atoms with Gasteiger partial charge in [0, 0.05) is 35.6 Å². The number of para-hydroxylation sites is 1. The van der Waals surface area contributed by atoms with Crippen molar-refractivity contribution in [3.8, 4) is 11.3 Å². The number of fused-ring (bicyclic) bond motifs is 4. The molecule has 5 heteroatoms. The van der Waals surface area contributed by atoms with Crippen LogP contribution in [0.1, 0.15) is 48.4 Å². The second-order valence-electron chi connectivity index (χ2n) is 12.5. The van der Waals surface area contributed by atoms with Gasteiger partial charge in [0.05, 0.1) is 37.6 Å². The van der Waals surface area contributed by atoms with Gasteiger partial charge >= 0.3 is 0 Å². The Morgan fingerprint density at radius 3 is 2.29 bits per heavy atom. The number of piperidine rings is 1. The molecular weight excluding hydrogens is 554 g/mol. The number of likely N-dealkylation sites (tertiary alicyclic amines) is 1. The minimum Gasteiger partial charge on any atom is -0.395 e. The summed E-state index contributed by atoms with van der Waals surface area (Å²) in [4.78, 5) is 5.03. The molecule has 3 atom stereocenters. The first-order valence-corrected chi connectivity index (χ1v) is 16.7. The summed E-state index contributed by atoms with van der Waals surface area (Å²) in [5.41, 5.74) is 10.5. The number of benzene rings is 4. The molecule has 45 heavy (non-hydrogen) atoms. The van der Waals surface area contributed by atoms with Crippen LogP contribution in [0.3, 0.4) is 0 Å². The number of aliphatic hydroxyl groups is 1. The smallest absolute Gasteiger partial charge is 0.0717 e. The summed E-state index contributed by atoms with van der Waals surface area (Å²) in [6.45, 7) is 9.71. The summed E-state index contributed by atoms with van der Waals surface area (Å²) >= 11 is 0. The van der Waals surface area contributed by atoms with E-state index < -0.39 is 0 Å². The second kappa shape index (κ2) is 13.2. The van der Waals surface area contributed by atoms with Crippen LogP contribution in [-0.4, -0.2) is 59.5 Å². The van der Waals surface area contributed by atoms with E-state index in [9.17, 15) is 5.11 Å². The summed E-state index contributed by atoms with van der Waals surface area (Å²) in [5.74, 6) is 0.421. The molecule has 5 nitrogen and oxygen atoms in total. The molecule has 1 N–H and O–H groups in total. The normalized spacial score (nSPS) is 19.6. The third kappa shape index (κ3) is 5.58. The van der Waals surface area contributed by atoms with E-state index in [1.54, 1.807) is 0 Å². The molecule has 2 aliphatic heterocycles. The maximum absolute atomic E-state index is 10.6. The number of aliphatic hydroxyl groups excluding tert-OH is 1. The van der Waals surface area contributed by atoms with Crippen LogP contribution in [0.25, 0.3) is 22.2 Å². The molecule has 5 aromatic rings. The summed E-state index contributed by atoms with van der Waals surface area (Å²) < 4.78 is 8.79. The third-order valence-electron chi connectivity index (χ3n) is 10.2. The van der Waals surface area contributed by atoms with Gasteiger partial charge in [-0.2, -0.15) is 0 Å². The molecule has 0 spiro atoms. The predicted octanol–water partition coefficient (Wildman–Crippen LogP) is 7.49. The predicted molar refractivity (Wildman–Crippen MR) is 185 cm³/mol. The van der Waals surface area contributed by atoms with Crippen LogP contribution in [0.5, 0.6) is 0 Å². The van der Waals surface area contributed by atoms with Gasteiger partial charge in [0.25, 0.3) is 0 Å². The van der Waals surface area contributed by atoms with Crippen LogP contribution in [0.15, 0.2) is 103 Å². The molecule has 0 aliphatic carbocycles. The van der Waals surface area contributed by atoms with Crippen molar-refractivity contribution in [2.75, 3.05) is 37.7 Å².